The molecule has 1 aromatic carbocycles. The van der Waals surface area contributed by atoms with Crippen LogP contribution in [0.15, 0.2) is 41.9 Å². The second-order valence-electron chi connectivity index (χ2n) is 4.13. The number of aliphatic imine (C=N–C) groups is 1. The summed E-state index contributed by atoms with van der Waals surface area (Å²) >= 11 is 0. The molecule has 0 unspecified atom stereocenters. The Morgan fingerprint density at radius 2 is 2.16 bits per heavy atom. The molecule has 0 radical (unpaired) electrons. The van der Waals surface area contributed by atoms with Crippen molar-refractivity contribution in [3.8, 4) is 5.69 Å². The lowest BCUT2D eigenvalue weighted by atomic mass is 10.2. The summed E-state index contributed by atoms with van der Waals surface area (Å²) in [6, 6.07) is 7.98. The zero-order valence-electron chi connectivity index (χ0n) is 11.0. The first kappa shape index (κ1) is 13.1. The molecule has 2 rings (SSSR count). The fourth-order valence-corrected chi connectivity index (χ4v) is 1.58. The van der Waals surface area contributed by atoms with Gasteiger partial charge in [0, 0.05) is 6.54 Å². The van der Waals surface area contributed by atoms with Gasteiger partial charge in [0.05, 0.1) is 12.2 Å². The fourth-order valence-electron chi connectivity index (χ4n) is 1.58. The summed E-state index contributed by atoms with van der Waals surface area (Å²) in [6.07, 6.45) is 4.21. The first-order valence-electron chi connectivity index (χ1n) is 6.27. The molecule has 1 aromatic heterocycles. The Labute approximate surface area is 112 Å². The summed E-state index contributed by atoms with van der Waals surface area (Å²) in [4.78, 5) is 8.19. The molecule has 1 heterocycles. The van der Waals surface area contributed by atoms with E-state index in [2.05, 4.69) is 27.3 Å². The van der Waals surface area contributed by atoms with Crippen molar-refractivity contribution < 1.29 is 0 Å². The van der Waals surface area contributed by atoms with Gasteiger partial charge in [-0.05, 0) is 24.1 Å². The van der Waals surface area contributed by atoms with Gasteiger partial charge in [-0.15, -0.1) is 0 Å². The van der Waals surface area contributed by atoms with Crippen molar-refractivity contribution >= 4 is 5.96 Å². The standard InChI is InChI=1S/C13H18N6/c1-2-7-16-13(14)17-8-11-3-5-12(6-4-11)19-10-15-9-18-19/h3-6,9-10H,2,7-8H2,1H3,(H3,14,16,17). The highest BCUT2D eigenvalue weighted by atomic mass is 15.3. The van der Waals surface area contributed by atoms with Gasteiger partial charge in [0.15, 0.2) is 5.96 Å². The quantitative estimate of drug-likeness (QED) is 0.621. The third kappa shape index (κ3) is 3.80. The van der Waals surface area contributed by atoms with Gasteiger partial charge < -0.3 is 11.1 Å². The van der Waals surface area contributed by atoms with E-state index in [1.165, 1.54) is 6.33 Å². The van der Waals surface area contributed by atoms with Gasteiger partial charge in [-0.2, -0.15) is 5.10 Å². The molecule has 19 heavy (non-hydrogen) atoms. The fraction of sp³-hybridized carbons (Fsp3) is 0.308. The van der Waals surface area contributed by atoms with E-state index in [0.29, 0.717) is 12.5 Å². The van der Waals surface area contributed by atoms with E-state index in [0.717, 1.165) is 24.2 Å². The van der Waals surface area contributed by atoms with Crippen molar-refractivity contribution in [1.82, 2.24) is 20.1 Å². The van der Waals surface area contributed by atoms with Crippen molar-refractivity contribution in [3.63, 3.8) is 0 Å². The molecule has 0 aliphatic carbocycles. The molecule has 0 saturated carbocycles. The lowest BCUT2D eigenvalue weighted by Gasteiger charge is -2.04. The Morgan fingerprint density at radius 1 is 1.37 bits per heavy atom. The maximum absolute atomic E-state index is 5.73. The SMILES string of the molecule is CCCNC(N)=NCc1ccc(-n2cncn2)cc1. The van der Waals surface area contributed by atoms with E-state index < -0.39 is 0 Å². The van der Waals surface area contributed by atoms with Crippen LogP contribution in [0.4, 0.5) is 0 Å². The van der Waals surface area contributed by atoms with E-state index >= 15 is 0 Å². The molecule has 0 bridgehead atoms. The Balaban J connectivity index is 1.95. The minimum absolute atomic E-state index is 0.488. The molecule has 0 aliphatic rings. The number of nitrogens with one attached hydrogen (secondary N) is 1. The lowest BCUT2D eigenvalue weighted by Crippen LogP contribution is -2.32. The number of rotatable bonds is 5. The van der Waals surface area contributed by atoms with Gasteiger partial charge >= 0.3 is 0 Å². The Morgan fingerprint density at radius 3 is 2.79 bits per heavy atom. The van der Waals surface area contributed by atoms with E-state index in [-0.39, 0.29) is 0 Å². The van der Waals surface area contributed by atoms with Gasteiger partial charge in [0.2, 0.25) is 0 Å². The Bertz CT molecular complexity index is 515. The van der Waals surface area contributed by atoms with Crippen LogP contribution in [0.2, 0.25) is 0 Å². The lowest BCUT2D eigenvalue weighted by molar-refractivity contribution is 0.825. The van der Waals surface area contributed by atoms with Crippen LogP contribution in [0.3, 0.4) is 0 Å². The van der Waals surface area contributed by atoms with Crippen molar-refractivity contribution in [1.29, 1.82) is 0 Å². The second kappa shape index (κ2) is 6.53. The summed E-state index contributed by atoms with van der Waals surface area (Å²) < 4.78 is 1.71. The number of nitrogens with two attached hydrogens (primary N) is 1. The van der Waals surface area contributed by atoms with E-state index in [9.17, 15) is 0 Å². The molecule has 0 spiro atoms. The third-order valence-electron chi connectivity index (χ3n) is 2.61. The van der Waals surface area contributed by atoms with Gasteiger partial charge in [-0.3, -0.25) is 0 Å². The molecule has 0 saturated heterocycles. The van der Waals surface area contributed by atoms with Crippen LogP contribution in [0, 0.1) is 0 Å². The average molecular weight is 258 g/mol. The summed E-state index contributed by atoms with van der Waals surface area (Å²) in [6.45, 7) is 3.50. The number of nitrogens with zero attached hydrogens (tertiary/aromatic N) is 4. The maximum atomic E-state index is 5.73. The average Bonchev–Trinajstić information content (AvgIpc) is 2.97. The normalized spacial score (nSPS) is 11.5. The smallest absolute Gasteiger partial charge is 0.188 e. The monoisotopic (exact) mass is 258 g/mol. The van der Waals surface area contributed by atoms with Crippen LogP contribution in [0.5, 0.6) is 0 Å². The molecule has 0 fully saturated rings. The molecule has 3 N–H and O–H groups in total. The van der Waals surface area contributed by atoms with Gasteiger partial charge in [-0.1, -0.05) is 19.1 Å². The second-order valence-corrected chi connectivity index (χ2v) is 4.13. The zero-order valence-corrected chi connectivity index (χ0v) is 11.0. The molecule has 6 nitrogen and oxygen atoms in total. The number of hydrogen-bond acceptors (Lipinski definition) is 3. The van der Waals surface area contributed by atoms with Crippen LogP contribution in [0.1, 0.15) is 18.9 Å². The number of benzene rings is 1. The van der Waals surface area contributed by atoms with Gasteiger partial charge in [-0.25, -0.2) is 14.7 Å². The summed E-state index contributed by atoms with van der Waals surface area (Å²) in [5.74, 6) is 0.488. The Hall–Kier alpha value is -2.37. The number of aromatic nitrogens is 3. The highest BCUT2D eigenvalue weighted by Crippen LogP contribution is 2.08. The Kier molecular flexibility index (Phi) is 4.49. The molecular weight excluding hydrogens is 240 g/mol. The minimum Gasteiger partial charge on any atom is -0.370 e. The predicted octanol–water partition coefficient (Wildman–Crippen LogP) is 1.08. The van der Waals surface area contributed by atoms with Crippen LogP contribution in [0.25, 0.3) is 5.69 Å². The van der Waals surface area contributed by atoms with E-state index in [4.69, 9.17) is 5.73 Å². The van der Waals surface area contributed by atoms with Crippen LogP contribution >= 0.6 is 0 Å². The van der Waals surface area contributed by atoms with Crippen LogP contribution in [-0.4, -0.2) is 27.3 Å². The molecule has 100 valence electrons. The molecular formula is C13H18N6. The molecule has 0 amide bonds. The van der Waals surface area contributed by atoms with Crippen molar-refractivity contribution in [3.05, 3.63) is 42.5 Å². The predicted molar refractivity (Wildman–Crippen MR) is 75.0 cm³/mol. The maximum Gasteiger partial charge on any atom is 0.188 e. The van der Waals surface area contributed by atoms with Gasteiger partial charge in [0.25, 0.3) is 0 Å². The van der Waals surface area contributed by atoms with Crippen molar-refractivity contribution in [2.24, 2.45) is 10.7 Å². The van der Waals surface area contributed by atoms with Crippen LogP contribution < -0.4 is 11.1 Å². The molecule has 6 heteroatoms. The van der Waals surface area contributed by atoms with Crippen molar-refractivity contribution in [2.45, 2.75) is 19.9 Å². The minimum atomic E-state index is 0.488. The van der Waals surface area contributed by atoms with Gasteiger partial charge in [0.1, 0.15) is 12.7 Å². The summed E-state index contributed by atoms with van der Waals surface area (Å²) in [5, 5.41) is 7.11. The largest absolute Gasteiger partial charge is 0.370 e. The highest BCUT2D eigenvalue weighted by Gasteiger charge is 1.97. The summed E-state index contributed by atoms with van der Waals surface area (Å²) in [7, 11) is 0. The van der Waals surface area contributed by atoms with Crippen molar-refractivity contribution in [2.75, 3.05) is 6.54 Å². The summed E-state index contributed by atoms with van der Waals surface area (Å²) in [5.41, 5.74) is 7.81. The topological polar surface area (TPSA) is 81.1 Å². The highest BCUT2D eigenvalue weighted by molar-refractivity contribution is 5.77. The van der Waals surface area contributed by atoms with Crippen LogP contribution in [-0.2, 0) is 6.54 Å². The molecule has 2 aromatic rings. The first-order chi connectivity index (χ1) is 9.29. The number of guanidine groups is 1. The first-order valence-corrected chi connectivity index (χ1v) is 6.27. The number of hydrogen-bond donors (Lipinski definition) is 2. The third-order valence-corrected chi connectivity index (χ3v) is 2.61. The van der Waals surface area contributed by atoms with E-state index in [1.54, 1.807) is 11.0 Å². The van der Waals surface area contributed by atoms with E-state index in [1.807, 2.05) is 24.3 Å². The zero-order chi connectivity index (χ0) is 13.5. The molecule has 0 atom stereocenters. The molecule has 0 aliphatic heterocycles.